The van der Waals surface area contributed by atoms with Crippen LogP contribution < -0.4 is 10.5 Å². The van der Waals surface area contributed by atoms with Gasteiger partial charge in [0.1, 0.15) is 12.1 Å². The van der Waals surface area contributed by atoms with Crippen molar-refractivity contribution < 1.29 is 19.2 Å². The molecule has 1 aromatic heterocycles. The molecule has 1 atom stereocenters. The molecular formula is C14H8Cl2F2N4O2. The Labute approximate surface area is 143 Å². The molecule has 3 aromatic rings. The van der Waals surface area contributed by atoms with Crippen molar-refractivity contribution >= 4 is 51.3 Å². The largest absolute Gasteiger partial charge is 0.595 e. The van der Waals surface area contributed by atoms with Gasteiger partial charge >= 0.3 is 0 Å². The van der Waals surface area contributed by atoms with E-state index in [1.54, 1.807) is 0 Å². The number of fused-ring (bicyclic) bond motifs is 1. The molecule has 0 aliphatic carbocycles. The lowest BCUT2D eigenvalue weighted by Gasteiger charge is -2.14. The summed E-state index contributed by atoms with van der Waals surface area (Å²) in [5.41, 5.74) is -0.406. The molecule has 24 heavy (non-hydrogen) atoms. The van der Waals surface area contributed by atoms with Crippen LogP contribution in [0.4, 0.5) is 26.0 Å². The third-order valence-electron chi connectivity index (χ3n) is 3.24. The molecule has 3 N–H and O–H groups in total. The van der Waals surface area contributed by atoms with E-state index in [1.807, 2.05) is 0 Å². The quantitative estimate of drug-likeness (QED) is 0.484. The Bertz CT molecular complexity index is 940. The van der Waals surface area contributed by atoms with Crippen LogP contribution in [0.3, 0.4) is 0 Å². The van der Waals surface area contributed by atoms with Crippen molar-refractivity contribution in [2.24, 2.45) is 0 Å². The molecule has 0 radical (unpaired) electrons. The van der Waals surface area contributed by atoms with E-state index in [9.17, 15) is 14.0 Å². The van der Waals surface area contributed by atoms with E-state index in [0.29, 0.717) is 0 Å². The number of benzene rings is 2. The summed E-state index contributed by atoms with van der Waals surface area (Å²) in [5.74, 6) is -1.63. The molecule has 0 saturated heterocycles. The van der Waals surface area contributed by atoms with Gasteiger partial charge < -0.3 is 10.5 Å². The molecule has 3 rings (SSSR count). The summed E-state index contributed by atoms with van der Waals surface area (Å²) in [6.45, 7) is 0. The van der Waals surface area contributed by atoms with Gasteiger partial charge in [0, 0.05) is 17.5 Å². The number of anilines is 2. The molecule has 0 fully saturated rings. The second kappa shape index (κ2) is 6.42. The SMILES string of the molecule is [O-][N@@H+](O)c1cc2c(Nc3ccc(Cl)c(Cl)c3F)ncnc2cc1F. The summed E-state index contributed by atoms with van der Waals surface area (Å²) >= 11 is 11.5. The molecule has 0 aliphatic rings. The minimum Gasteiger partial charge on any atom is -0.595 e. The van der Waals surface area contributed by atoms with Gasteiger partial charge in [0.2, 0.25) is 5.69 Å². The minimum absolute atomic E-state index is 0.0226. The highest BCUT2D eigenvalue weighted by Gasteiger charge is 2.16. The molecule has 0 spiro atoms. The third-order valence-corrected chi connectivity index (χ3v) is 4.02. The Hall–Kier alpha value is -2.10. The van der Waals surface area contributed by atoms with Crippen LogP contribution >= 0.6 is 23.2 Å². The molecule has 0 bridgehead atoms. The number of halogens is 4. The zero-order valence-electron chi connectivity index (χ0n) is 11.6. The van der Waals surface area contributed by atoms with Gasteiger partial charge in [-0.3, -0.25) is 0 Å². The Morgan fingerprint density at radius 3 is 2.62 bits per heavy atom. The highest BCUT2D eigenvalue weighted by atomic mass is 35.5. The molecule has 10 heteroatoms. The summed E-state index contributed by atoms with van der Waals surface area (Å²) in [7, 11) is 0. The van der Waals surface area contributed by atoms with Crippen LogP contribution in [0.2, 0.25) is 10.0 Å². The zero-order valence-corrected chi connectivity index (χ0v) is 13.2. The number of hydrogen-bond acceptors (Lipinski definition) is 5. The van der Waals surface area contributed by atoms with E-state index in [2.05, 4.69) is 15.3 Å². The lowest BCUT2D eigenvalue weighted by atomic mass is 10.2. The first-order valence-electron chi connectivity index (χ1n) is 6.46. The third kappa shape index (κ3) is 2.97. The minimum atomic E-state index is -1.44. The van der Waals surface area contributed by atoms with Gasteiger partial charge in [0.25, 0.3) is 0 Å². The summed E-state index contributed by atoms with van der Waals surface area (Å²) in [6, 6.07) is 4.78. The maximum Gasteiger partial charge on any atom is 0.200 e. The molecule has 0 saturated carbocycles. The lowest BCUT2D eigenvalue weighted by Crippen LogP contribution is -2.99. The summed E-state index contributed by atoms with van der Waals surface area (Å²) in [4.78, 5) is 7.82. The Morgan fingerprint density at radius 2 is 1.92 bits per heavy atom. The number of nitrogens with zero attached hydrogens (tertiary/aromatic N) is 2. The fourth-order valence-corrected chi connectivity index (χ4v) is 2.40. The number of rotatable bonds is 3. The van der Waals surface area contributed by atoms with Crippen molar-refractivity contribution in [1.82, 2.24) is 9.97 Å². The molecule has 0 aliphatic heterocycles. The van der Waals surface area contributed by atoms with E-state index in [4.69, 9.17) is 28.4 Å². The average molecular weight is 373 g/mol. The molecular weight excluding hydrogens is 365 g/mol. The van der Waals surface area contributed by atoms with Crippen LogP contribution in [0.5, 0.6) is 0 Å². The van der Waals surface area contributed by atoms with Crippen LogP contribution in [0.1, 0.15) is 0 Å². The van der Waals surface area contributed by atoms with E-state index in [1.165, 1.54) is 12.1 Å². The van der Waals surface area contributed by atoms with Crippen molar-refractivity contribution in [2.75, 3.05) is 5.32 Å². The van der Waals surface area contributed by atoms with Crippen LogP contribution in [0.15, 0.2) is 30.6 Å². The van der Waals surface area contributed by atoms with Crippen molar-refractivity contribution in [2.45, 2.75) is 0 Å². The second-order valence-corrected chi connectivity index (χ2v) is 5.51. The van der Waals surface area contributed by atoms with Crippen LogP contribution in [0, 0.1) is 16.8 Å². The molecule has 0 amide bonds. The predicted molar refractivity (Wildman–Crippen MR) is 85.0 cm³/mol. The van der Waals surface area contributed by atoms with Crippen LogP contribution in [0.25, 0.3) is 10.9 Å². The Morgan fingerprint density at radius 1 is 1.17 bits per heavy atom. The first-order chi connectivity index (χ1) is 11.4. The second-order valence-electron chi connectivity index (χ2n) is 4.72. The Balaban J connectivity index is 2.13. The smallest absolute Gasteiger partial charge is 0.200 e. The van der Waals surface area contributed by atoms with E-state index in [-0.39, 0.29) is 32.5 Å². The fourth-order valence-electron chi connectivity index (χ4n) is 2.09. The number of nitrogens with one attached hydrogen (secondary N) is 2. The van der Waals surface area contributed by atoms with Gasteiger partial charge in [-0.05, 0) is 12.1 Å². The first-order valence-corrected chi connectivity index (χ1v) is 7.22. The highest BCUT2D eigenvalue weighted by Crippen LogP contribution is 2.33. The molecule has 124 valence electrons. The molecule has 6 nitrogen and oxygen atoms in total. The van der Waals surface area contributed by atoms with Crippen molar-refractivity contribution in [1.29, 1.82) is 0 Å². The summed E-state index contributed by atoms with van der Waals surface area (Å²) in [5, 5.41) is 21.3. The Kier molecular flexibility index (Phi) is 4.48. The van der Waals surface area contributed by atoms with E-state index < -0.39 is 22.5 Å². The van der Waals surface area contributed by atoms with Gasteiger partial charge in [0.05, 0.1) is 21.2 Å². The molecule has 0 unspecified atom stereocenters. The van der Waals surface area contributed by atoms with Crippen molar-refractivity contribution in [3.05, 3.63) is 57.5 Å². The van der Waals surface area contributed by atoms with E-state index >= 15 is 0 Å². The maximum atomic E-state index is 14.1. The highest BCUT2D eigenvalue weighted by molar-refractivity contribution is 6.42. The van der Waals surface area contributed by atoms with Crippen LogP contribution in [-0.4, -0.2) is 15.2 Å². The van der Waals surface area contributed by atoms with Gasteiger partial charge in [-0.1, -0.05) is 23.2 Å². The number of aromatic nitrogens is 2. The number of hydrogen-bond donors (Lipinski definition) is 3. The zero-order chi connectivity index (χ0) is 17.4. The van der Waals surface area contributed by atoms with Crippen molar-refractivity contribution in [3.8, 4) is 0 Å². The topological polar surface area (TPSA) is 85.5 Å². The average Bonchev–Trinajstić information content (AvgIpc) is 2.54. The fraction of sp³-hybridized carbons (Fsp3) is 0. The van der Waals surface area contributed by atoms with Crippen molar-refractivity contribution in [3.63, 3.8) is 0 Å². The van der Waals surface area contributed by atoms with Crippen LogP contribution in [-0.2, 0) is 0 Å². The van der Waals surface area contributed by atoms with Gasteiger partial charge in [-0.25, -0.2) is 24.0 Å². The van der Waals surface area contributed by atoms with E-state index in [0.717, 1.165) is 18.5 Å². The molecule has 1 heterocycles. The summed E-state index contributed by atoms with van der Waals surface area (Å²) < 4.78 is 27.9. The first kappa shape index (κ1) is 16.7. The lowest BCUT2D eigenvalue weighted by molar-refractivity contribution is -0.992. The maximum absolute atomic E-state index is 14.1. The standard InChI is InChI=1S/C14H8Cl2F2N4O2/c15-7-1-2-9(13(18)12(7)16)21-14-6-3-11(22(23)24)8(17)4-10(6)19-5-20-14/h1-5,22-23H,(H,19,20,21). The predicted octanol–water partition coefficient (Wildman–Crippen LogP) is 3.36. The normalized spacial score (nSPS) is 12.4. The van der Waals surface area contributed by atoms with Gasteiger partial charge in [0.15, 0.2) is 11.6 Å². The molecule has 2 aromatic carbocycles. The number of quaternary nitrogens is 1. The summed E-state index contributed by atoms with van der Waals surface area (Å²) in [6.07, 6.45) is 1.14. The monoisotopic (exact) mass is 372 g/mol. The van der Waals surface area contributed by atoms with Gasteiger partial charge in [-0.2, -0.15) is 5.23 Å². The van der Waals surface area contributed by atoms with Gasteiger partial charge in [-0.15, -0.1) is 0 Å².